The fraction of sp³-hybridized carbons (Fsp3) is 0.0909. The zero-order chi connectivity index (χ0) is 12.9. The van der Waals surface area contributed by atoms with E-state index in [1.54, 1.807) is 18.2 Å². The Bertz CT molecular complexity index is 770. The maximum Gasteiger partial charge on any atom is 0.336 e. The van der Waals surface area contributed by atoms with Crippen LogP contribution in [0.3, 0.4) is 0 Å². The third-order valence-corrected chi connectivity index (χ3v) is 4.53. The molecule has 18 heavy (non-hydrogen) atoms. The molecule has 0 atom stereocenters. The van der Waals surface area contributed by atoms with Crippen LogP contribution in [0.5, 0.6) is 0 Å². The lowest BCUT2D eigenvalue weighted by atomic mass is 10.2. The molecule has 0 saturated heterocycles. The van der Waals surface area contributed by atoms with E-state index in [2.05, 4.69) is 16.4 Å². The van der Waals surface area contributed by atoms with Gasteiger partial charge in [-0.25, -0.2) is 22.5 Å². The van der Waals surface area contributed by atoms with Crippen LogP contribution < -0.4 is 5.32 Å². The first kappa shape index (κ1) is 11.0. The Morgan fingerprint density at radius 2 is 2.22 bits per heavy atom. The first-order valence-corrected chi connectivity index (χ1v) is 6.55. The predicted molar refractivity (Wildman–Crippen MR) is 64.5 cm³/mol. The van der Waals surface area contributed by atoms with Gasteiger partial charge in [0.1, 0.15) is 4.90 Å². The van der Waals surface area contributed by atoms with Crippen molar-refractivity contribution in [3.8, 4) is 0 Å². The van der Waals surface area contributed by atoms with Gasteiger partial charge in [0.25, 0.3) is 10.0 Å². The molecule has 1 aromatic heterocycles. The number of pyridine rings is 1. The van der Waals surface area contributed by atoms with Crippen LogP contribution >= 0.6 is 0 Å². The fourth-order valence-corrected chi connectivity index (χ4v) is 2.94. The number of anilines is 1. The van der Waals surface area contributed by atoms with Gasteiger partial charge in [0, 0.05) is 12.4 Å². The molecule has 7 heteroatoms. The lowest BCUT2D eigenvalue weighted by Crippen LogP contribution is -2.41. The lowest BCUT2D eigenvalue weighted by Gasteiger charge is -2.24. The number of nitrogens with one attached hydrogen (secondary N) is 1. The Morgan fingerprint density at radius 3 is 3.00 bits per heavy atom. The van der Waals surface area contributed by atoms with E-state index in [-0.39, 0.29) is 10.7 Å². The molecular formula is C11H8N3O3S. The minimum Gasteiger partial charge on any atom is -0.290 e. The third-order valence-electron chi connectivity index (χ3n) is 2.78. The SMILES string of the molecule is CN1C(=O)Nc2nc3c[c]ccc3cc2S1(=O)=O. The molecule has 1 N–H and O–H groups in total. The molecule has 0 spiro atoms. The monoisotopic (exact) mass is 262 g/mol. The maximum absolute atomic E-state index is 12.1. The zero-order valence-corrected chi connectivity index (χ0v) is 10.2. The van der Waals surface area contributed by atoms with Crippen molar-refractivity contribution in [2.45, 2.75) is 4.90 Å². The van der Waals surface area contributed by atoms with E-state index in [0.717, 1.165) is 0 Å². The van der Waals surface area contributed by atoms with Gasteiger partial charge in [-0.2, -0.15) is 0 Å². The van der Waals surface area contributed by atoms with Gasteiger partial charge in [-0.3, -0.25) is 5.32 Å². The molecule has 0 fully saturated rings. The second-order valence-corrected chi connectivity index (χ2v) is 5.79. The third kappa shape index (κ3) is 1.37. The molecule has 0 aliphatic carbocycles. The summed E-state index contributed by atoms with van der Waals surface area (Å²) in [5, 5.41) is 3.12. The standard InChI is InChI=1S/C11H8N3O3S/c1-14-11(15)13-10-9(18(14,16)17)6-7-4-2-3-5-8(7)12-10/h2,4-6H,1H3,(H,12,13,15). The van der Waals surface area contributed by atoms with Crippen molar-refractivity contribution in [1.82, 2.24) is 9.29 Å². The molecule has 91 valence electrons. The predicted octanol–water partition coefficient (Wildman–Crippen LogP) is 1.20. The Kier molecular flexibility index (Phi) is 2.09. The van der Waals surface area contributed by atoms with Crippen molar-refractivity contribution < 1.29 is 13.2 Å². The number of benzene rings is 1. The van der Waals surface area contributed by atoms with E-state index < -0.39 is 16.1 Å². The first-order chi connectivity index (χ1) is 8.50. The number of fused-ring (bicyclic) bond motifs is 2. The van der Waals surface area contributed by atoms with Crippen LogP contribution in [0, 0.1) is 6.07 Å². The van der Waals surface area contributed by atoms with E-state index in [0.29, 0.717) is 15.2 Å². The molecule has 6 nitrogen and oxygen atoms in total. The lowest BCUT2D eigenvalue weighted by molar-refractivity contribution is 0.239. The largest absolute Gasteiger partial charge is 0.336 e. The van der Waals surface area contributed by atoms with E-state index >= 15 is 0 Å². The van der Waals surface area contributed by atoms with Crippen molar-refractivity contribution in [1.29, 1.82) is 0 Å². The molecule has 0 saturated carbocycles. The molecule has 3 rings (SSSR count). The summed E-state index contributed by atoms with van der Waals surface area (Å²) in [6.45, 7) is 0. The summed E-state index contributed by atoms with van der Waals surface area (Å²) in [5.74, 6) is 0.0604. The highest BCUT2D eigenvalue weighted by Crippen LogP contribution is 2.30. The number of hydrogen-bond acceptors (Lipinski definition) is 4. The molecule has 2 amide bonds. The minimum atomic E-state index is -3.81. The summed E-state index contributed by atoms with van der Waals surface area (Å²) in [6.07, 6.45) is 0. The summed E-state index contributed by atoms with van der Waals surface area (Å²) in [7, 11) is -2.61. The first-order valence-electron chi connectivity index (χ1n) is 5.11. The van der Waals surface area contributed by atoms with Gasteiger partial charge in [-0.1, -0.05) is 12.1 Å². The van der Waals surface area contributed by atoms with Crippen molar-refractivity contribution in [3.05, 3.63) is 30.3 Å². The Hall–Kier alpha value is -2.15. The van der Waals surface area contributed by atoms with Gasteiger partial charge < -0.3 is 0 Å². The Morgan fingerprint density at radius 1 is 1.44 bits per heavy atom. The van der Waals surface area contributed by atoms with Crippen LogP contribution in [0.15, 0.2) is 29.2 Å². The zero-order valence-electron chi connectivity index (χ0n) is 9.34. The molecule has 1 aliphatic heterocycles. The number of nitrogens with zero attached hydrogens (tertiary/aromatic N) is 2. The van der Waals surface area contributed by atoms with Crippen LogP contribution in [0.4, 0.5) is 10.6 Å². The van der Waals surface area contributed by atoms with Gasteiger partial charge in [0.15, 0.2) is 5.82 Å². The van der Waals surface area contributed by atoms with E-state index in [9.17, 15) is 13.2 Å². The topological polar surface area (TPSA) is 79.4 Å². The fourth-order valence-electron chi connectivity index (χ4n) is 1.76. The van der Waals surface area contributed by atoms with Gasteiger partial charge in [-0.15, -0.1) is 0 Å². The Labute approximate surface area is 103 Å². The molecule has 1 aliphatic rings. The number of carbonyl (C=O) groups excluding carboxylic acids is 1. The van der Waals surface area contributed by atoms with Gasteiger partial charge in [0.05, 0.1) is 5.52 Å². The minimum absolute atomic E-state index is 0.00306. The smallest absolute Gasteiger partial charge is 0.290 e. The summed E-state index contributed by atoms with van der Waals surface area (Å²) in [5.41, 5.74) is 0.580. The van der Waals surface area contributed by atoms with Crippen LogP contribution in [0.25, 0.3) is 10.9 Å². The van der Waals surface area contributed by atoms with Crippen LogP contribution in [-0.4, -0.2) is 30.8 Å². The molecular weight excluding hydrogens is 254 g/mol. The molecule has 0 unspecified atom stereocenters. The van der Waals surface area contributed by atoms with E-state index in [1.165, 1.54) is 13.1 Å². The summed E-state index contributed by atoms with van der Waals surface area (Å²) < 4.78 is 24.8. The number of sulfonamides is 1. The number of amides is 2. The van der Waals surface area contributed by atoms with Crippen LogP contribution in [-0.2, 0) is 10.0 Å². The number of carbonyl (C=O) groups is 1. The number of hydrogen-bond donors (Lipinski definition) is 1. The normalized spacial score (nSPS) is 17.4. The van der Waals surface area contributed by atoms with Crippen molar-refractivity contribution in [2.75, 3.05) is 12.4 Å². The van der Waals surface area contributed by atoms with Crippen LogP contribution in [0.2, 0.25) is 0 Å². The van der Waals surface area contributed by atoms with Crippen molar-refractivity contribution in [2.24, 2.45) is 0 Å². The highest BCUT2D eigenvalue weighted by atomic mass is 32.2. The van der Waals surface area contributed by atoms with E-state index in [1.807, 2.05) is 0 Å². The van der Waals surface area contributed by atoms with E-state index in [4.69, 9.17) is 0 Å². The molecule has 2 aromatic rings. The molecule has 2 heterocycles. The number of rotatable bonds is 0. The van der Waals surface area contributed by atoms with Gasteiger partial charge >= 0.3 is 6.03 Å². The summed E-state index contributed by atoms with van der Waals surface area (Å²) >= 11 is 0. The van der Waals surface area contributed by atoms with Crippen molar-refractivity contribution >= 4 is 32.8 Å². The summed E-state index contributed by atoms with van der Waals surface area (Å²) in [6, 6.07) is 8.65. The Balaban J connectivity index is 2.38. The molecule has 0 bridgehead atoms. The van der Waals surface area contributed by atoms with Gasteiger partial charge in [-0.05, 0) is 18.2 Å². The quantitative estimate of drug-likeness (QED) is 0.773. The number of urea groups is 1. The second-order valence-electron chi connectivity index (χ2n) is 3.86. The van der Waals surface area contributed by atoms with Crippen molar-refractivity contribution in [3.63, 3.8) is 0 Å². The molecule has 1 radical (unpaired) electrons. The summed E-state index contributed by atoms with van der Waals surface area (Å²) in [4.78, 5) is 15.6. The average molecular weight is 262 g/mol. The maximum atomic E-state index is 12.1. The highest BCUT2D eigenvalue weighted by molar-refractivity contribution is 7.90. The highest BCUT2D eigenvalue weighted by Gasteiger charge is 2.34. The number of aromatic nitrogens is 1. The second kappa shape index (κ2) is 3.42. The molecule has 1 aromatic carbocycles. The average Bonchev–Trinajstić information content (AvgIpc) is 2.35. The van der Waals surface area contributed by atoms with Crippen LogP contribution in [0.1, 0.15) is 0 Å². The van der Waals surface area contributed by atoms with Gasteiger partial charge in [0.2, 0.25) is 0 Å².